The molecule has 0 saturated carbocycles. The monoisotopic (exact) mass is 231 g/mol. The van der Waals surface area contributed by atoms with E-state index < -0.39 is 0 Å². The van der Waals surface area contributed by atoms with Crippen molar-refractivity contribution in [3.05, 3.63) is 30.5 Å². The molecule has 4 N–H and O–H groups in total. The molecule has 0 fully saturated rings. The van der Waals surface area contributed by atoms with Gasteiger partial charge in [0.2, 0.25) is 0 Å². The van der Waals surface area contributed by atoms with E-state index in [-0.39, 0.29) is 6.10 Å². The molecule has 0 aliphatic heterocycles. The number of nitrogen functional groups attached to an aromatic ring is 1. The fraction of sp³-hybridized carbons (Fsp3) is 0.308. The van der Waals surface area contributed by atoms with Crippen molar-refractivity contribution in [3.8, 4) is 0 Å². The average molecular weight is 231 g/mol. The van der Waals surface area contributed by atoms with Crippen LogP contribution in [0, 0.1) is 0 Å². The predicted molar refractivity (Wildman–Crippen MR) is 70.9 cm³/mol. The Kier molecular flexibility index (Phi) is 3.44. The molecule has 90 valence electrons. The second-order valence-corrected chi connectivity index (χ2v) is 4.04. The van der Waals surface area contributed by atoms with Gasteiger partial charge < -0.3 is 16.2 Å². The first kappa shape index (κ1) is 11.7. The lowest BCUT2D eigenvalue weighted by atomic mass is 10.1. The number of aliphatic hydroxyl groups is 1. The molecular weight excluding hydrogens is 214 g/mol. The molecule has 17 heavy (non-hydrogen) atoms. The number of benzene rings is 1. The quantitative estimate of drug-likeness (QED) is 0.704. The van der Waals surface area contributed by atoms with Crippen LogP contribution in [0.15, 0.2) is 30.5 Å². The summed E-state index contributed by atoms with van der Waals surface area (Å²) in [6, 6.07) is 7.60. The summed E-state index contributed by atoms with van der Waals surface area (Å²) < 4.78 is 0. The second-order valence-electron chi connectivity index (χ2n) is 4.04. The predicted octanol–water partition coefficient (Wildman–Crippen LogP) is 2.00. The first-order valence-corrected chi connectivity index (χ1v) is 5.77. The third-order valence-electron chi connectivity index (χ3n) is 2.80. The smallest absolute Gasteiger partial charge is 0.0951 e. The van der Waals surface area contributed by atoms with Crippen LogP contribution in [0.4, 0.5) is 11.4 Å². The van der Waals surface area contributed by atoms with E-state index in [1.165, 1.54) is 0 Å². The van der Waals surface area contributed by atoms with Crippen LogP contribution >= 0.6 is 0 Å². The number of nitrogens with zero attached hydrogens (tertiary/aromatic N) is 1. The van der Waals surface area contributed by atoms with Gasteiger partial charge in [0.15, 0.2) is 0 Å². The Hall–Kier alpha value is -1.81. The van der Waals surface area contributed by atoms with Crippen molar-refractivity contribution < 1.29 is 5.11 Å². The Morgan fingerprint density at radius 1 is 1.41 bits per heavy atom. The number of rotatable bonds is 4. The van der Waals surface area contributed by atoms with E-state index in [0.717, 1.165) is 23.0 Å². The van der Waals surface area contributed by atoms with Gasteiger partial charge in [0.05, 0.1) is 17.3 Å². The summed E-state index contributed by atoms with van der Waals surface area (Å²) in [5, 5.41) is 13.7. The fourth-order valence-corrected chi connectivity index (χ4v) is 1.72. The largest absolute Gasteiger partial charge is 0.397 e. The van der Waals surface area contributed by atoms with E-state index >= 15 is 0 Å². The summed E-state index contributed by atoms with van der Waals surface area (Å²) >= 11 is 0. The Morgan fingerprint density at radius 2 is 2.24 bits per heavy atom. The highest BCUT2D eigenvalue weighted by atomic mass is 16.3. The Labute approximate surface area is 100 Å². The van der Waals surface area contributed by atoms with Crippen LogP contribution in [0.25, 0.3) is 10.9 Å². The molecule has 1 aromatic carbocycles. The van der Waals surface area contributed by atoms with Gasteiger partial charge in [-0.15, -0.1) is 0 Å². The molecule has 2 aromatic rings. The van der Waals surface area contributed by atoms with Crippen molar-refractivity contribution in [2.24, 2.45) is 0 Å². The Bertz CT molecular complexity index is 513. The van der Waals surface area contributed by atoms with Gasteiger partial charge in [-0.3, -0.25) is 4.98 Å². The van der Waals surface area contributed by atoms with Gasteiger partial charge >= 0.3 is 0 Å². The maximum absolute atomic E-state index is 9.54. The topological polar surface area (TPSA) is 71.2 Å². The molecule has 4 heteroatoms. The van der Waals surface area contributed by atoms with Crippen molar-refractivity contribution >= 4 is 22.3 Å². The van der Waals surface area contributed by atoms with Gasteiger partial charge in [0.25, 0.3) is 0 Å². The number of nitrogens with one attached hydrogen (secondary N) is 1. The van der Waals surface area contributed by atoms with E-state index in [9.17, 15) is 5.11 Å². The molecule has 4 nitrogen and oxygen atoms in total. The molecule has 0 saturated heterocycles. The second kappa shape index (κ2) is 5.01. The number of hydrogen-bond acceptors (Lipinski definition) is 4. The Balaban J connectivity index is 2.32. The normalized spacial score (nSPS) is 12.6. The number of hydrogen-bond donors (Lipinski definition) is 3. The van der Waals surface area contributed by atoms with Crippen LogP contribution in [-0.2, 0) is 0 Å². The lowest BCUT2D eigenvalue weighted by Gasteiger charge is -2.13. The van der Waals surface area contributed by atoms with Crippen molar-refractivity contribution in [1.29, 1.82) is 0 Å². The van der Waals surface area contributed by atoms with E-state index in [1.54, 1.807) is 6.20 Å². The van der Waals surface area contributed by atoms with E-state index in [1.807, 2.05) is 31.2 Å². The van der Waals surface area contributed by atoms with Crippen molar-refractivity contribution in [2.75, 3.05) is 17.6 Å². The molecule has 2 rings (SSSR count). The maximum atomic E-state index is 9.54. The summed E-state index contributed by atoms with van der Waals surface area (Å²) in [4.78, 5) is 4.26. The van der Waals surface area contributed by atoms with Crippen molar-refractivity contribution in [3.63, 3.8) is 0 Å². The van der Waals surface area contributed by atoms with Crippen LogP contribution in [0.1, 0.15) is 13.3 Å². The van der Waals surface area contributed by atoms with Gasteiger partial charge in [-0.05, 0) is 30.7 Å². The zero-order valence-corrected chi connectivity index (χ0v) is 9.85. The summed E-state index contributed by atoms with van der Waals surface area (Å²) in [5.41, 5.74) is 8.28. The summed E-state index contributed by atoms with van der Waals surface area (Å²) in [6.07, 6.45) is 2.13. The molecule has 0 radical (unpaired) electrons. The highest BCUT2D eigenvalue weighted by molar-refractivity contribution is 5.98. The maximum Gasteiger partial charge on any atom is 0.0951 e. The number of nitrogens with two attached hydrogens (primary N) is 1. The molecule has 1 aromatic heterocycles. The third kappa shape index (κ3) is 2.47. The molecule has 0 aliphatic rings. The molecule has 1 atom stereocenters. The highest BCUT2D eigenvalue weighted by Crippen LogP contribution is 2.26. The van der Waals surface area contributed by atoms with Crippen LogP contribution < -0.4 is 11.1 Å². The molecule has 0 spiro atoms. The molecule has 0 aliphatic carbocycles. The Morgan fingerprint density at radius 3 is 3.00 bits per heavy atom. The van der Waals surface area contributed by atoms with Gasteiger partial charge in [-0.25, -0.2) is 0 Å². The molecule has 0 amide bonds. The number of pyridine rings is 1. The molecule has 0 bridgehead atoms. The van der Waals surface area contributed by atoms with Gasteiger partial charge in [0.1, 0.15) is 0 Å². The lowest BCUT2D eigenvalue weighted by molar-refractivity contribution is 0.183. The highest BCUT2D eigenvalue weighted by Gasteiger charge is 2.06. The van der Waals surface area contributed by atoms with E-state index in [2.05, 4.69) is 10.3 Å². The number of aliphatic hydroxyl groups excluding tert-OH is 1. The minimum atomic E-state index is -0.334. The summed E-state index contributed by atoms with van der Waals surface area (Å²) in [6.45, 7) is 2.49. The van der Waals surface area contributed by atoms with Gasteiger partial charge in [-0.1, -0.05) is 6.92 Å². The van der Waals surface area contributed by atoms with Crippen LogP contribution in [0.5, 0.6) is 0 Å². The van der Waals surface area contributed by atoms with Crippen LogP contribution in [0.2, 0.25) is 0 Å². The zero-order valence-electron chi connectivity index (χ0n) is 9.85. The van der Waals surface area contributed by atoms with Gasteiger partial charge in [0, 0.05) is 23.8 Å². The standard InChI is InChI=1S/C13H17N3O/c1-2-9(17)8-16-12-6-5-11(14)13-10(12)4-3-7-15-13/h3-7,9,16-17H,2,8,14H2,1H3. The van der Waals surface area contributed by atoms with E-state index in [4.69, 9.17) is 5.73 Å². The van der Waals surface area contributed by atoms with Crippen molar-refractivity contribution in [2.45, 2.75) is 19.4 Å². The minimum Gasteiger partial charge on any atom is -0.397 e. The zero-order chi connectivity index (χ0) is 12.3. The summed E-state index contributed by atoms with van der Waals surface area (Å²) in [7, 11) is 0. The van der Waals surface area contributed by atoms with Crippen molar-refractivity contribution in [1.82, 2.24) is 4.98 Å². The lowest BCUT2D eigenvalue weighted by Crippen LogP contribution is -2.18. The first-order chi connectivity index (χ1) is 8.22. The van der Waals surface area contributed by atoms with E-state index in [0.29, 0.717) is 12.2 Å². The molecule has 1 heterocycles. The number of anilines is 2. The van der Waals surface area contributed by atoms with Crippen LogP contribution in [0.3, 0.4) is 0 Å². The van der Waals surface area contributed by atoms with Gasteiger partial charge in [-0.2, -0.15) is 0 Å². The van der Waals surface area contributed by atoms with Crippen LogP contribution in [-0.4, -0.2) is 22.7 Å². The number of aromatic nitrogens is 1. The minimum absolute atomic E-state index is 0.334. The fourth-order valence-electron chi connectivity index (χ4n) is 1.72. The molecule has 1 unspecified atom stereocenters. The first-order valence-electron chi connectivity index (χ1n) is 5.77. The third-order valence-corrected chi connectivity index (χ3v) is 2.80. The molecular formula is C13H17N3O. The SMILES string of the molecule is CCC(O)CNc1ccc(N)c2ncccc12. The average Bonchev–Trinajstić information content (AvgIpc) is 2.38. The number of fused-ring (bicyclic) bond motifs is 1. The summed E-state index contributed by atoms with van der Waals surface area (Å²) in [5.74, 6) is 0.